The van der Waals surface area contributed by atoms with Crippen molar-refractivity contribution < 1.29 is 28.0 Å². The largest absolute Gasteiger partial charge is 0.497 e. The zero-order valence-corrected chi connectivity index (χ0v) is 20.1. The Kier molecular flexibility index (Phi) is 8.59. The lowest BCUT2D eigenvalue weighted by atomic mass is 9.88. The van der Waals surface area contributed by atoms with E-state index in [1.54, 1.807) is 41.8 Å². The van der Waals surface area contributed by atoms with Gasteiger partial charge in [-0.2, -0.15) is 4.31 Å². The van der Waals surface area contributed by atoms with Crippen molar-refractivity contribution in [2.24, 2.45) is 5.92 Å². The molecule has 10 nitrogen and oxygen atoms in total. The number of nitrogens with one attached hydrogen (secondary N) is 1. The lowest BCUT2D eigenvalue weighted by Crippen LogP contribution is -2.54. The molecule has 34 heavy (non-hydrogen) atoms. The molecule has 0 aliphatic carbocycles. The van der Waals surface area contributed by atoms with Crippen molar-refractivity contribution in [1.82, 2.24) is 19.7 Å². The molecule has 1 saturated heterocycles. The molecule has 2 aromatic rings. The van der Waals surface area contributed by atoms with Crippen LogP contribution in [0.3, 0.4) is 0 Å². The molecule has 0 radical (unpaired) electrons. The summed E-state index contributed by atoms with van der Waals surface area (Å²) in [6, 6.07) is 8.08. The summed E-state index contributed by atoms with van der Waals surface area (Å²) in [6.45, 7) is 2.52. The van der Waals surface area contributed by atoms with E-state index in [1.807, 2.05) is 0 Å². The molecule has 0 spiro atoms. The third-order valence-electron chi connectivity index (χ3n) is 6.08. The third-order valence-corrected chi connectivity index (χ3v) is 7.93. The van der Waals surface area contributed by atoms with E-state index in [2.05, 4.69) is 4.98 Å². The number of pyridine rings is 1. The van der Waals surface area contributed by atoms with Gasteiger partial charge < -0.3 is 9.64 Å². The van der Waals surface area contributed by atoms with Crippen molar-refractivity contribution >= 4 is 21.8 Å². The molecule has 1 aromatic carbocycles. The van der Waals surface area contributed by atoms with Crippen molar-refractivity contribution in [2.75, 3.05) is 20.2 Å². The topological polar surface area (TPSA) is 129 Å². The van der Waals surface area contributed by atoms with E-state index < -0.39 is 27.9 Å². The Morgan fingerprint density at radius 3 is 2.32 bits per heavy atom. The monoisotopic (exact) mass is 490 g/mol. The van der Waals surface area contributed by atoms with Crippen LogP contribution >= 0.6 is 0 Å². The number of aromatic nitrogens is 1. The minimum atomic E-state index is -4.16. The molecular weight excluding hydrogens is 460 g/mol. The minimum absolute atomic E-state index is 0.00306. The summed E-state index contributed by atoms with van der Waals surface area (Å²) in [4.78, 5) is 30.7. The third kappa shape index (κ3) is 5.72. The average molecular weight is 491 g/mol. The molecule has 2 N–H and O–H groups in total. The second kappa shape index (κ2) is 11.4. The van der Waals surface area contributed by atoms with Crippen LogP contribution in [0.1, 0.15) is 31.7 Å². The van der Waals surface area contributed by atoms with Crippen molar-refractivity contribution in [3.05, 3.63) is 54.4 Å². The molecule has 184 valence electrons. The quantitative estimate of drug-likeness (QED) is 0.405. The van der Waals surface area contributed by atoms with Gasteiger partial charge in [0, 0.05) is 38.4 Å². The number of likely N-dealkylation sites (tertiary alicyclic amines) is 1. The Balaban J connectivity index is 2.00. The SMILES string of the molecule is CCC(=O)N1CCC([C@H](C(=O)NO)N(Cc2ccncc2)S(=O)(=O)c2ccc(OC)cc2)CC1. The molecule has 1 atom stereocenters. The molecule has 1 aliphatic rings. The predicted octanol–water partition coefficient (Wildman–Crippen LogP) is 1.80. The fraction of sp³-hybridized carbons (Fsp3) is 0.435. The molecule has 1 aliphatic heterocycles. The van der Waals surface area contributed by atoms with Crippen molar-refractivity contribution in [2.45, 2.75) is 43.7 Å². The van der Waals surface area contributed by atoms with Gasteiger partial charge in [0.2, 0.25) is 15.9 Å². The zero-order chi connectivity index (χ0) is 24.7. The molecule has 3 rings (SSSR count). The first-order valence-electron chi connectivity index (χ1n) is 11.1. The molecule has 1 fully saturated rings. The number of methoxy groups -OCH3 is 1. The van der Waals surface area contributed by atoms with Crippen molar-refractivity contribution in [3.8, 4) is 5.75 Å². The summed E-state index contributed by atoms with van der Waals surface area (Å²) in [5.74, 6) is -0.701. The smallest absolute Gasteiger partial charge is 0.262 e. The molecule has 0 saturated carbocycles. The number of nitrogens with zero attached hydrogens (tertiary/aromatic N) is 3. The average Bonchev–Trinajstić information content (AvgIpc) is 2.88. The van der Waals surface area contributed by atoms with Crippen LogP contribution in [0.4, 0.5) is 0 Å². The van der Waals surface area contributed by atoms with Gasteiger partial charge in [0.25, 0.3) is 5.91 Å². The fourth-order valence-electron chi connectivity index (χ4n) is 4.22. The van der Waals surface area contributed by atoms with Crippen molar-refractivity contribution in [1.29, 1.82) is 0 Å². The molecule has 0 bridgehead atoms. The Hall–Kier alpha value is -3.02. The van der Waals surface area contributed by atoms with Gasteiger partial charge in [-0.1, -0.05) is 6.92 Å². The zero-order valence-electron chi connectivity index (χ0n) is 19.3. The highest BCUT2D eigenvalue weighted by atomic mass is 32.2. The number of ether oxygens (including phenoxy) is 1. The normalized spacial score (nSPS) is 15.7. The molecule has 0 unspecified atom stereocenters. The summed E-state index contributed by atoms with van der Waals surface area (Å²) in [5, 5.41) is 9.52. The number of carbonyl (C=O) groups excluding carboxylic acids is 2. The van der Waals surface area contributed by atoms with E-state index in [1.165, 1.54) is 31.4 Å². The van der Waals surface area contributed by atoms with Crippen LogP contribution in [0, 0.1) is 5.92 Å². The van der Waals surface area contributed by atoms with Gasteiger partial charge >= 0.3 is 0 Å². The van der Waals surface area contributed by atoms with E-state index in [-0.39, 0.29) is 17.3 Å². The second-order valence-corrected chi connectivity index (χ2v) is 9.96. The van der Waals surface area contributed by atoms with E-state index in [9.17, 15) is 23.2 Å². The Bertz CT molecular complexity index is 1070. The molecule has 2 heterocycles. The van der Waals surface area contributed by atoms with Crippen LogP contribution in [0.15, 0.2) is 53.7 Å². The van der Waals surface area contributed by atoms with Crippen LogP contribution in [-0.4, -0.2) is 65.9 Å². The first kappa shape index (κ1) is 25.6. The van der Waals surface area contributed by atoms with Gasteiger partial charge in [-0.3, -0.25) is 19.8 Å². The number of benzene rings is 1. The van der Waals surface area contributed by atoms with Crippen LogP contribution in [-0.2, 0) is 26.2 Å². The fourth-order valence-corrected chi connectivity index (χ4v) is 5.86. The minimum Gasteiger partial charge on any atom is -0.497 e. The standard InChI is InChI=1S/C23H30N4O6S/c1-3-21(28)26-14-10-18(11-15-26)22(23(29)25-30)27(16-17-8-12-24-13-9-17)34(31,32)20-6-4-19(33-2)5-7-20/h4-9,12-13,18,22,30H,3,10-11,14-16H2,1-2H3,(H,25,29)/t22-/m1/s1. The number of hydrogen-bond donors (Lipinski definition) is 2. The maximum Gasteiger partial charge on any atom is 0.262 e. The number of hydroxylamine groups is 1. The molecule has 2 amide bonds. The highest BCUT2D eigenvalue weighted by Gasteiger charge is 2.42. The number of carbonyl (C=O) groups is 2. The van der Waals surface area contributed by atoms with Crippen LogP contribution in [0.5, 0.6) is 5.75 Å². The van der Waals surface area contributed by atoms with Crippen LogP contribution < -0.4 is 10.2 Å². The maximum absolute atomic E-state index is 13.8. The molecular formula is C23H30N4O6S. The Morgan fingerprint density at radius 2 is 1.79 bits per heavy atom. The van der Waals surface area contributed by atoms with Crippen LogP contribution in [0.25, 0.3) is 0 Å². The van der Waals surface area contributed by atoms with Gasteiger partial charge in [0.05, 0.1) is 12.0 Å². The van der Waals surface area contributed by atoms with E-state index in [0.29, 0.717) is 43.7 Å². The summed E-state index contributed by atoms with van der Waals surface area (Å²) >= 11 is 0. The van der Waals surface area contributed by atoms with E-state index in [4.69, 9.17) is 4.74 Å². The number of piperidine rings is 1. The highest BCUT2D eigenvalue weighted by Crippen LogP contribution is 2.31. The summed E-state index contributed by atoms with van der Waals surface area (Å²) in [7, 11) is -2.67. The van der Waals surface area contributed by atoms with Gasteiger partial charge in [0.15, 0.2) is 0 Å². The number of rotatable bonds is 9. The Morgan fingerprint density at radius 1 is 1.18 bits per heavy atom. The summed E-state index contributed by atoms with van der Waals surface area (Å²) in [5.41, 5.74) is 2.30. The van der Waals surface area contributed by atoms with Gasteiger partial charge in [0.1, 0.15) is 11.8 Å². The first-order valence-corrected chi connectivity index (χ1v) is 12.5. The van der Waals surface area contributed by atoms with Crippen molar-refractivity contribution in [3.63, 3.8) is 0 Å². The van der Waals surface area contributed by atoms with Crippen LogP contribution in [0.2, 0.25) is 0 Å². The molecule has 1 aromatic heterocycles. The highest BCUT2D eigenvalue weighted by molar-refractivity contribution is 7.89. The Labute approximate surface area is 199 Å². The first-order chi connectivity index (χ1) is 16.3. The van der Waals surface area contributed by atoms with Gasteiger partial charge in [-0.15, -0.1) is 0 Å². The molecule has 11 heteroatoms. The van der Waals surface area contributed by atoms with Gasteiger partial charge in [-0.25, -0.2) is 13.9 Å². The summed E-state index contributed by atoms with van der Waals surface area (Å²) < 4.78 is 33.9. The second-order valence-electron chi connectivity index (χ2n) is 8.07. The number of hydrogen-bond acceptors (Lipinski definition) is 7. The van der Waals surface area contributed by atoms with E-state index >= 15 is 0 Å². The maximum atomic E-state index is 13.8. The predicted molar refractivity (Wildman–Crippen MR) is 123 cm³/mol. The lowest BCUT2D eigenvalue weighted by molar-refractivity contribution is -0.137. The number of amides is 2. The van der Waals surface area contributed by atoms with E-state index in [0.717, 1.165) is 4.31 Å². The number of sulfonamides is 1. The lowest BCUT2D eigenvalue weighted by Gasteiger charge is -2.39. The summed E-state index contributed by atoms with van der Waals surface area (Å²) in [6.07, 6.45) is 4.32. The van der Waals surface area contributed by atoms with Gasteiger partial charge in [-0.05, 0) is 60.7 Å².